The number of benzene rings is 6. The number of aromatic nitrogens is 10. The van der Waals surface area contributed by atoms with Gasteiger partial charge in [-0.2, -0.15) is 63.5 Å². The van der Waals surface area contributed by atoms with Crippen molar-refractivity contribution < 1.29 is 49.8 Å². The second-order valence-electron chi connectivity index (χ2n) is 19.3. The SMILES string of the molecule is FC(F)(F)c1nnc2n1CCNC2Cc1ccccc1.O=C(O)c1cc(Cc2n[nH]c(=O)c3ccccc23)ccc1F.O=C(c1cc(Cc2n[nH]c(=O)c3ccccc23)ccc1F)N1CCn2c(nnc2C(F)(F)F)C1Cc1ccccc1.S.S. The lowest BCUT2D eigenvalue weighted by Gasteiger charge is -2.36. The van der Waals surface area contributed by atoms with E-state index in [1.807, 2.05) is 30.3 Å². The number of rotatable bonds is 10. The summed E-state index contributed by atoms with van der Waals surface area (Å²) in [5.74, 6) is -5.24. The van der Waals surface area contributed by atoms with Crippen molar-refractivity contribution in [1.29, 1.82) is 0 Å². The molecule has 2 atom stereocenters. The molecule has 4 N–H and O–H groups in total. The van der Waals surface area contributed by atoms with E-state index in [1.54, 1.807) is 78.9 Å². The van der Waals surface area contributed by atoms with Crippen LogP contribution in [0.3, 0.4) is 0 Å². The smallest absolute Gasteiger partial charge is 0.451 e. The Morgan fingerprint density at radius 3 is 1.48 bits per heavy atom. The number of aromatic carboxylic acids is 1. The van der Waals surface area contributed by atoms with Gasteiger partial charge in [-0.1, -0.05) is 109 Å². The summed E-state index contributed by atoms with van der Waals surface area (Å²) >= 11 is 0. The van der Waals surface area contributed by atoms with Crippen molar-refractivity contribution in [2.45, 2.75) is 63.2 Å². The van der Waals surface area contributed by atoms with Crippen LogP contribution in [-0.4, -0.2) is 84.9 Å². The number of carboxylic acids is 1. The van der Waals surface area contributed by atoms with Crippen LogP contribution in [0, 0.1) is 11.6 Å². The number of nitrogens with one attached hydrogen (secondary N) is 3. The van der Waals surface area contributed by atoms with Crippen molar-refractivity contribution in [1.82, 2.24) is 60.1 Å². The van der Waals surface area contributed by atoms with Crippen LogP contribution in [0.5, 0.6) is 0 Å². The predicted octanol–water partition coefficient (Wildman–Crippen LogP) is 9.46. The van der Waals surface area contributed by atoms with E-state index in [0.717, 1.165) is 21.8 Å². The van der Waals surface area contributed by atoms with Crippen molar-refractivity contribution in [2.24, 2.45) is 0 Å². The molecule has 0 saturated heterocycles. The molecule has 4 aromatic heterocycles. The molecule has 85 heavy (non-hydrogen) atoms. The summed E-state index contributed by atoms with van der Waals surface area (Å²) in [7, 11) is 0. The lowest BCUT2D eigenvalue weighted by Crippen LogP contribution is -2.44. The number of nitrogens with zero attached hydrogens (tertiary/aromatic N) is 9. The fraction of sp³-hybridized carbons (Fsp3) is 0.207. The molecule has 17 nitrogen and oxygen atoms in total. The molecular formula is C58H50F8N12O5S2. The lowest BCUT2D eigenvalue weighted by atomic mass is 9.99. The summed E-state index contributed by atoms with van der Waals surface area (Å²) in [6, 6.07) is 39.4. The maximum atomic E-state index is 15.1. The van der Waals surface area contributed by atoms with E-state index in [9.17, 15) is 49.9 Å². The number of aromatic amines is 2. The number of hydrogen-bond acceptors (Lipinski definition) is 11. The van der Waals surface area contributed by atoms with Crippen LogP contribution in [0.2, 0.25) is 0 Å². The van der Waals surface area contributed by atoms with E-state index >= 15 is 4.39 Å². The highest BCUT2D eigenvalue weighted by molar-refractivity contribution is 7.59. The van der Waals surface area contributed by atoms with Gasteiger partial charge in [0, 0.05) is 56.2 Å². The van der Waals surface area contributed by atoms with E-state index < -0.39 is 53.6 Å². The molecule has 2 aliphatic heterocycles. The van der Waals surface area contributed by atoms with Gasteiger partial charge < -0.3 is 24.5 Å². The van der Waals surface area contributed by atoms with E-state index in [0.29, 0.717) is 62.8 Å². The minimum atomic E-state index is -4.71. The van der Waals surface area contributed by atoms with E-state index in [2.05, 4.69) is 46.1 Å². The summed E-state index contributed by atoms with van der Waals surface area (Å²) in [5, 5.41) is 41.7. The van der Waals surface area contributed by atoms with Crippen LogP contribution in [0.25, 0.3) is 21.5 Å². The maximum absolute atomic E-state index is 15.1. The van der Waals surface area contributed by atoms with Crippen LogP contribution in [0.4, 0.5) is 35.1 Å². The number of carboxylic acid groups (broad SMARTS) is 1. The number of fused-ring (bicyclic) bond motifs is 4. The molecule has 440 valence electrons. The van der Waals surface area contributed by atoms with Gasteiger partial charge >= 0.3 is 18.3 Å². The third kappa shape index (κ3) is 13.8. The molecule has 0 fully saturated rings. The second-order valence-corrected chi connectivity index (χ2v) is 19.3. The zero-order chi connectivity index (χ0) is 58.6. The Morgan fingerprint density at radius 1 is 0.529 bits per heavy atom. The Hall–Kier alpha value is -9.08. The molecule has 2 unspecified atom stereocenters. The Balaban J connectivity index is 0.000000180. The third-order valence-corrected chi connectivity index (χ3v) is 14.0. The Labute approximate surface area is 490 Å². The minimum Gasteiger partial charge on any atom is -0.478 e. The summed E-state index contributed by atoms with van der Waals surface area (Å²) < 4.78 is 110. The Kier molecular flexibility index (Phi) is 19.1. The Bertz CT molecular complexity index is 4150. The standard InChI is InChI=1S/C29H22F4N6O2.C16H11FN2O3.C13H13F3N4.2H2S/c30-22-11-10-18(15-23-19-8-4-5-9-20(19)26(40)36-34-23)14-21(22)27(41)38-12-13-39-25(35-37-28(39)29(31,32)33)24(38)16-17-6-2-1-3-7-17;17-13-6-5-9(7-12(13)16(21)22)8-14-10-3-1-2-4-11(10)15(20)19-18-14;14-13(15,16)12-19-18-11-10(17-6-7-20(11)12)8-9-4-2-1-3-5-9;;/h1-11,14,24H,12-13,15-16H2,(H,36,40);1-7H,8H2,(H,19,20)(H,21,22);1-5,10,17H,6-8H2;2*1H2. The third-order valence-electron chi connectivity index (χ3n) is 14.0. The molecular weight excluding hydrogens is 1160 g/mol. The van der Waals surface area contributed by atoms with E-state index in [-0.39, 0.29) is 100.0 Å². The molecule has 6 aromatic carbocycles. The maximum Gasteiger partial charge on any atom is 0.451 e. The normalized spacial score (nSPS) is 14.6. The van der Waals surface area contributed by atoms with Crippen molar-refractivity contribution in [3.63, 3.8) is 0 Å². The van der Waals surface area contributed by atoms with Crippen LogP contribution >= 0.6 is 27.0 Å². The van der Waals surface area contributed by atoms with Gasteiger partial charge in [0.1, 0.15) is 11.6 Å². The van der Waals surface area contributed by atoms with Crippen molar-refractivity contribution in [2.75, 3.05) is 13.1 Å². The molecule has 2 aliphatic rings. The topological polar surface area (TPSA) is 223 Å². The summed E-state index contributed by atoms with van der Waals surface area (Å²) in [6.45, 7) is 0.428. The number of carbonyl (C=O) groups is 2. The molecule has 0 saturated carbocycles. The highest BCUT2D eigenvalue weighted by atomic mass is 32.1. The molecule has 0 aliphatic carbocycles. The van der Waals surface area contributed by atoms with Gasteiger partial charge in [0.25, 0.3) is 17.0 Å². The van der Waals surface area contributed by atoms with Gasteiger partial charge in [-0.15, -0.1) is 20.4 Å². The zero-order valence-electron chi connectivity index (χ0n) is 44.3. The molecule has 27 heteroatoms. The quantitative estimate of drug-likeness (QED) is 0.0941. The van der Waals surface area contributed by atoms with Crippen molar-refractivity contribution in [3.05, 3.63) is 246 Å². The predicted molar refractivity (Wildman–Crippen MR) is 306 cm³/mol. The van der Waals surface area contributed by atoms with Crippen LogP contribution in [0.15, 0.2) is 155 Å². The number of hydrogen-bond donors (Lipinski definition) is 4. The Morgan fingerprint density at radius 2 is 0.976 bits per heavy atom. The summed E-state index contributed by atoms with van der Waals surface area (Å²) in [6.07, 6.45) is -7.92. The molecule has 0 bridgehead atoms. The number of carbonyl (C=O) groups excluding carboxylic acids is 1. The largest absolute Gasteiger partial charge is 0.478 e. The van der Waals surface area contributed by atoms with Gasteiger partial charge in [-0.05, 0) is 65.1 Å². The number of halogens is 8. The summed E-state index contributed by atoms with van der Waals surface area (Å²) in [4.78, 5) is 50.1. The van der Waals surface area contributed by atoms with Gasteiger partial charge in [0.2, 0.25) is 11.6 Å². The first-order valence-electron chi connectivity index (χ1n) is 25.7. The molecule has 0 spiro atoms. The monoisotopic (exact) mass is 1210 g/mol. The first kappa shape index (κ1) is 62.0. The number of alkyl halides is 6. The first-order valence-corrected chi connectivity index (χ1v) is 25.7. The number of amides is 1. The molecule has 6 heterocycles. The summed E-state index contributed by atoms with van der Waals surface area (Å²) in [5.41, 5.74) is 2.89. The van der Waals surface area contributed by atoms with Gasteiger partial charge in [0.05, 0.1) is 45.4 Å². The van der Waals surface area contributed by atoms with Gasteiger partial charge in [0.15, 0.2) is 11.6 Å². The fourth-order valence-electron chi connectivity index (χ4n) is 10.1. The minimum absolute atomic E-state index is 0. The molecule has 1 amide bonds. The molecule has 0 radical (unpaired) electrons. The highest BCUT2D eigenvalue weighted by Crippen LogP contribution is 2.36. The highest BCUT2D eigenvalue weighted by Gasteiger charge is 2.44. The fourth-order valence-corrected chi connectivity index (χ4v) is 10.1. The molecule has 12 rings (SSSR count). The zero-order valence-corrected chi connectivity index (χ0v) is 46.3. The first-order chi connectivity index (χ1) is 39.8. The van der Waals surface area contributed by atoms with Gasteiger partial charge in [-0.25, -0.2) is 23.8 Å². The van der Waals surface area contributed by atoms with Crippen molar-refractivity contribution >= 4 is 60.4 Å². The van der Waals surface area contributed by atoms with Crippen molar-refractivity contribution in [3.8, 4) is 0 Å². The molecule has 10 aromatic rings. The van der Waals surface area contributed by atoms with E-state index in [4.69, 9.17) is 5.11 Å². The second kappa shape index (κ2) is 26.2. The van der Waals surface area contributed by atoms with Crippen LogP contribution < -0.4 is 16.4 Å². The lowest BCUT2D eigenvalue weighted by molar-refractivity contribution is -0.148. The number of H-pyrrole nitrogens is 2. The van der Waals surface area contributed by atoms with Gasteiger partial charge in [-0.3, -0.25) is 14.4 Å². The van der Waals surface area contributed by atoms with Crippen LogP contribution in [-0.2, 0) is 51.1 Å². The average Bonchev–Trinajstić information content (AvgIpc) is 2.03. The van der Waals surface area contributed by atoms with E-state index in [1.165, 1.54) is 39.8 Å². The van der Waals surface area contributed by atoms with Crippen LogP contribution in [0.1, 0.15) is 89.7 Å². The average molecular weight is 1210 g/mol.